The fourth-order valence-electron chi connectivity index (χ4n) is 1.07. The Morgan fingerprint density at radius 1 is 1.06 bits per heavy atom. The van der Waals surface area contributed by atoms with Gasteiger partial charge in [0, 0.05) is 12.1 Å². The van der Waals surface area contributed by atoms with Crippen LogP contribution >= 0.6 is 0 Å². The van der Waals surface area contributed by atoms with E-state index in [0.717, 1.165) is 6.08 Å². The molecule has 84 valence electrons. The molecule has 5 heteroatoms. The van der Waals surface area contributed by atoms with E-state index in [4.69, 9.17) is 0 Å². The van der Waals surface area contributed by atoms with Gasteiger partial charge in [-0.3, -0.25) is 0 Å². The van der Waals surface area contributed by atoms with Crippen LogP contribution in [0.3, 0.4) is 0 Å². The number of methoxy groups -OCH3 is 2. The maximum absolute atomic E-state index is 11.4. The fraction of sp³-hybridized carbons (Fsp3) is 0.182. The topological polar surface area (TPSA) is 56.5 Å². The predicted molar refractivity (Wildman–Crippen MR) is 54.9 cm³/mol. The summed E-state index contributed by atoms with van der Waals surface area (Å²) in [6.45, 7) is 0. The Bertz CT molecular complexity index is 411. The lowest BCUT2D eigenvalue weighted by Crippen LogP contribution is -2.36. The van der Waals surface area contributed by atoms with Gasteiger partial charge in [-0.05, 0) is 0 Å². The van der Waals surface area contributed by atoms with Crippen LogP contribution in [0.2, 0.25) is 0 Å². The number of aromatic nitrogens is 1. The highest BCUT2D eigenvalue weighted by atomic mass is 16.5. The number of pyridine rings is 1. The van der Waals surface area contributed by atoms with Crippen LogP contribution in [0.5, 0.6) is 0 Å². The molecule has 0 atom stereocenters. The average Bonchev–Trinajstić information content (AvgIpc) is 2.35. The van der Waals surface area contributed by atoms with E-state index in [2.05, 4.69) is 9.47 Å². The standard InChI is InChI=1S/C11H12NO4/c1-15-10(13)8-9(11(14)16-2)12-6-4-3-5-7-12/h3-8H,1-2H3/q+1. The predicted octanol–water partition coefficient (Wildman–Crippen LogP) is 0.161. The lowest BCUT2D eigenvalue weighted by Gasteiger charge is -1.99. The number of carbonyl (C=O) groups excluding carboxylic acids is 2. The molecule has 0 fully saturated rings. The summed E-state index contributed by atoms with van der Waals surface area (Å²) in [6.07, 6.45) is 4.34. The second-order valence-electron chi connectivity index (χ2n) is 2.83. The van der Waals surface area contributed by atoms with Gasteiger partial charge in [-0.25, -0.2) is 9.59 Å². The van der Waals surface area contributed by atoms with Crippen LogP contribution in [0.15, 0.2) is 36.7 Å². The van der Waals surface area contributed by atoms with Crippen LogP contribution in [0.4, 0.5) is 0 Å². The number of hydrogen-bond donors (Lipinski definition) is 0. The monoisotopic (exact) mass is 222 g/mol. The summed E-state index contributed by atoms with van der Waals surface area (Å²) in [4.78, 5) is 22.5. The zero-order chi connectivity index (χ0) is 12.0. The van der Waals surface area contributed by atoms with E-state index in [-0.39, 0.29) is 5.70 Å². The largest absolute Gasteiger partial charge is 0.466 e. The molecule has 0 aliphatic carbocycles. The third-order valence-electron chi connectivity index (χ3n) is 1.84. The van der Waals surface area contributed by atoms with Crippen LogP contribution in [-0.2, 0) is 19.1 Å². The van der Waals surface area contributed by atoms with Crippen LogP contribution < -0.4 is 4.57 Å². The Balaban J connectivity index is 3.11. The molecule has 1 aromatic rings. The lowest BCUT2D eigenvalue weighted by molar-refractivity contribution is -0.578. The summed E-state index contributed by atoms with van der Waals surface area (Å²) in [5.41, 5.74) is 0.0925. The molecule has 1 aromatic heterocycles. The molecule has 5 nitrogen and oxygen atoms in total. The van der Waals surface area contributed by atoms with E-state index < -0.39 is 11.9 Å². The van der Waals surface area contributed by atoms with Crippen molar-refractivity contribution >= 4 is 17.6 Å². The first-order chi connectivity index (χ1) is 7.69. The highest BCUT2D eigenvalue weighted by Crippen LogP contribution is 1.97. The Hall–Kier alpha value is -2.17. The van der Waals surface area contributed by atoms with Crippen molar-refractivity contribution in [1.29, 1.82) is 0 Å². The van der Waals surface area contributed by atoms with Crippen molar-refractivity contribution in [3.05, 3.63) is 36.7 Å². The van der Waals surface area contributed by atoms with E-state index in [0.29, 0.717) is 0 Å². The summed E-state index contributed by atoms with van der Waals surface area (Å²) >= 11 is 0. The van der Waals surface area contributed by atoms with Crippen molar-refractivity contribution in [2.24, 2.45) is 0 Å². The zero-order valence-electron chi connectivity index (χ0n) is 9.04. The van der Waals surface area contributed by atoms with Gasteiger partial charge in [0.25, 0.3) is 0 Å². The number of hydrogen-bond acceptors (Lipinski definition) is 4. The molecule has 1 rings (SSSR count). The van der Waals surface area contributed by atoms with Gasteiger partial charge in [0.15, 0.2) is 12.4 Å². The van der Waals surface area contributed by atoms with Gasteiger partial charge in [-0.2, -0.15) is 4.57 Å². The van der Waals surface area contributed by atoms with Gasteiger partial charge in [-0.15, -0.1) is 0 Å². The first-order valence-corrected chi connectivity index (χ1v) is 4.53. The number of nitrogens with zero attached hydrogens (tertiary/aromatic N) is 1. The molecule has 0 aliphatic heterocycles. The Labute approximate surface area is 92.9 Å². The van der Waals surface area contributed by atoms with Crippen molar-refractivity contribution in [3.8, 4) is 0 Å². The van der Waals surface area contributed by atoms with E-state index in [1.807, 2.05) is 0 Å². The normalized spacial score (nSPS) is 10.8. The van der Waals surface area contributed by atoms with Gasteiger partial charge in [0.1, 0.15) is 6.08 Å². The van der Waals surface area contributed by atoms with Gasteiger partial charge in [0.2, 0.25) is 0 Å². The third-order valence-corrected chi connectivity index (χ3v) is 1.84. The zero-order valence-corrected chi connectivity index (χ0v) is 9.04. The molecule has 0 aliphatic rings. The Kier molecular flexibility index (Phi) is 4.20. The van der Waals surface area contributed by atoms with Gasteiger partial charge >= 0.3 is 17.6 Å². The van der Waals surface area contributed by atoms with E-state index >= 15 is 0 Å². The maximum Gasteiger partial charge on any atom is 0.404 e. The third kappa shape index (κ3) is 2.91. The first kappa shape index (κ1) is 11.9. The second-order valence-corrected chi connectivity index (χ2v) is 2.83. The summed E-state index contributed by atoms with van der Waals surface area (Å²) in [7, 11) is 2.49. The quantitative estimate of drug-likeness (QED) is 0.415. The number of ether oxygens (including phenoxy) is 2. The van der Waals surface area contributed by atoms with Crippen molar-refractivity contribution < 1.29 is 23.6 Å². The van der Waals surface area contributed by atoms with Crippen LogP contribution in [0.1, 0.15) is 0 Å². The van der Waals surface area contributed by atoms with Crippen molar-refractivity contribution in [1.82, 2.24) is 0 Å². The Morgan fingerprint density at radius 2 is 1.69 bits per heavy atom. The SMILES string of the molecule is COC(=O)C=C(C(=O)OC)[n+]1ccccc1. The summed E-state index contributed by atoms with van der Waals surface area (Å²) in [6, 6.07) is 5.26. The lowest BCUT2D eigenvalue weighted by atomic mass is 10.3. The minimum Gasteiger partial charge on any atom is -0.466 e. The molecule has 0 amide bonds. The number of carbonyl (C=O) groups is 2. The molecule has 16 heavy (non-hydrogen) atoms. The van der Waals surface area contributed by atoms with Gasteiger partial charge < -0.3 is 9.47 Å². The highest BCUT2D eigenvalue weighted by Gasteiger charge is 2.22. The highest BCUT2D eigenvalue weighted by molar-refractivity contribution is 6.11. The van der Waals surface area contributed by atoms with Crippen LogP contribution in [-0.4, -0.2) is 26.2 Å². The molecule has 0 aromatic carbocycles. The maximum atomic E-state index is 11.4. The van der Waals surface area contributed by atoms with Crippen LogP contribution in [0.25, 0.3) is 5.70 Å². The minimum absolute atomic E-state index is 0.0925. The molecule has 0 radical (unpaired) electrons. The van der Waals surface area contributed by atoms with E-state index in [1.54, 1.807) is 30.6 Å². The van der Waals surface area contributed by atoms with Gasteiger partial charge in [-0.1, -0.05) is 6.07 Å². The van der Waals surface area contributed by atoms with Gasteiger partial charge in [0.05, 0.1) is 14.2 Å². The summed E-state index contributed by atoms with van der Waals surface area (Å²) in [5, 5.41) is 0. The molecular weight excluding hydrogens is 210 g/mol. The Morgan fingerprint density at radius 3 is 2.19 bits per heavy atom. The molecule has 0 bridgehead atoms. The minimum atomic E-state index is -0.614. The second kappa shape index (κ2) is 5.65. The number of rotatable bonds is 3. The molecular formula is C11H12NO4+. The van der Waals surface area contributed by atoms with Crippen molar-refractivity contribution in [2.45, 2.75) is 0 Å². The van der Waals surface area contributed by atoms with Crippen molar-refractivity contribution in [3.63, 3.8) is 0 Å². The molecule has 1 heterocycles. The summed E-state index contributed by atoms with van der Waals surface area (Å²) < 4.78 is 10.5. The van der Waals surface area contributed by atoms with E-state index in [1.165, 1.54) is 18.8 Å². The first-order valence-electron chi connectivity index (χ1n) is 4.53. The van der Waals surface area contributed by atoms with E-state index in [9.17, 15) is 9.59 Å². The molecule has 0 unspecified atom stereocenters. The molecule has 0 spiro atoms. The molecule has 0 saturated carbocycles. The van der Waals surface area contributed by atoms with Crippen LogP contribution in [0, 0.1) is 0 Å². The summed E-state index contributed by atoms with van der Waals surface area (Å²) in [5.74, 6) is -1.22. The molecule has 0 N–H and O–H groups in total. The average molecular weight is 222 g/mol. The van der Waals surface area contributed by atoms with Crippen molar-refractivity contribution in [2.75, 3.05) is 14.2 Å². The fourth-order valence-corrected chi connectivity index (χ4v) is 1.07. The number of esters is 2. The molecule has 0 saturated heterocycles. The smallest absolute Gasteiger partial charge is 0.404 e.